The lowest BCUT2D eigenvalue weighted by molar-refractivity contribution is -0.0922. The number of carbonyl (C=O) groups is 2. The average molecular weight is 503 g/mol. The monoisotopic (exact) mass is 502 g/mol. The van der Waals surface area contributed by atoms with Crippen LogP contribution in [0.1, 0.15) is 89.1 Å². The molecule has 4 rings (SSSR count). The molecule has 2 atom stereocenters. The van der Waals surface area contributed by atoms with Gasteiger partial charge in [0.1, 0.15) is 17.4 Å². The maximum absolute atomic E-state index is 14.0. The highest BCUT2D eigenvalue weighted by atomic mass is 16.5. The van der Waals surface area contributed by atoms with Gasteiger partial charge in [-0.15, -0.1) is 0 Å². The smallest absolute Gasteiger partial charge is 0.331 e. The van der Waals surface area contributed by atoms with Crippen molar-refractivity contribution in [1.82, 2.24) is 14.6 Å². The van der Waals surface area contributed by atoms with Crippen LogP contribution in [-0.2, 0) is 4.74 Å². The highest BCUT2D eigenvalue weighted by molar-refractivity contribution is 6.11. The zero-order valence-electron chi connectivity index (χ0n) is 23.2. The van der Waals surface area contributed by atoms with Crippen LogP contribution in [0.3, 0.4) is 0 Å². The lowest BCUT2D eigenvalue weighted by Crippen LogP contribution is -2.49. The molecule has 1 N–H and O–H groups in total. The van der Waals surface area contributed by atoms with Crippen LogP contribution in [0.2, 0.25) is 0 Å². The molecule has 2 unspecified atom stereocenters. The van der Waals surface area contributed by atoms with Crippen LogP contribution in [0.15, 0.2) is 30.3 Å². The van der Waals surface area contributed by atoms with Crippen molar-refractivity contribution in [3.8, 4) is 11.4 Å². The zero-order chi connectivity index (χ0) is 27.3. The Morgan fingerprint density at radius 1 is 1.05 bits per heavy atom. The van der Waals surface area contributed by atoms with E-state index in [9.17, 15) is 9.59 Å². The summed E-state index contributed by atoms with van der Waals surface area (Å²) in [6, 6.07) is 9.47. The summed E-state index contributed by atoms with van der Waals surface area (Å²) in [4.78, 5) is 34.9. The topological polar surface area (TPSA) is 80.8 Å². The summed E-state index contributed by atoms with van der Waals surface area (Å²) in [5, 5.41) is 3.12. The maximum atomic E-state index is 14.0. The minimum Gasteiger partial charge on any atom is -0.459 e. The van der Waals surface area contributed by atoms with Gasteiger partial charge >= 0.3 is 5.97 Å². The van der Waals surface area contributed by atoms with E-state index in [-0.39, 0.29) is 57.1 Å². The van der Waals surface area contributed by atoms with Gasteiger partial charge in [-0.3, -0.25) is 9.89 Å². The van der Waals surface area contributed by atoms with Gasteiger partial charge in [-0.2, -0.15) is 0 Å². The molecule has 2 heterocycles. The number of Topliss-reactive ketones (excluding diaryl/α,β-unsaturated/α-hetero) is 1. The molecule has 37 heavy (non-hydrogen) atoms. The van der Waals surface area contributed by atoms with Crippen LogP contribution in [0.5, 0.6) is 0 Å². The van der Waals surface area contributed by atoms with Crippen LogP contribution in [-0.4, -0.2) is 32.5 Å². The molecule has 0 bridgehead atoms. The molecule has 1 aromatic carbocycles. The number of esters is 1. The predicted octanol–water partition coefficient (Wildman–Crippen LogP) is 7.36. The number of benzene rings is 1. The highest BCUT2D eigenvalue weighted by Crippen LogP contribution is 2.50. The molecule has 1 aliphatic rings. The van der Waals surface area contributed by atoms with E-state index < -0.39 is 5.97 Å². The van der Waals surface area contributed by atoms with E-state index in [1.54, 1.807) is 0 Å². The number of H-pyrrole nitrogens is 1. The van der Waals surface area contributed by atoms with Crippen molar-refractivity contribution in [3.05, 3.63) is 53.0 Å². The van der Waals surface area contributed by atoms with Crippen LogP contribution in [0, 0.1) is 35.2 Å². The van der Waals surface area contributed by atoms with Gasteiger partial charge in [0.15, 0.2) is 17.3 Å². The number of aromatic amines is 1. The molecule has 3 aromatic rings. The molecule has 2 aromatic heterocycles. The van der Waals surface area contributed by atoms with E-state index in [0.29, 0.717) is 11.7 Å². The van der Waals surface area contributed by atoms with Gasteiger partial charge in [0.05, 0.1) is 6.57 Å². The van der Waals surface area contributed by atoms with Crippen LogP contribution >= 0.6 is 0 Å². The van der Waals surface area contributed by atoms with Gasteiger partial charge in [-0.25, -0.2) is 19.1 Å². The second-order valence-electron chi connectivity index (χ2n) is 12.7. The number of ketones is 1. The lowest BCUT2D eigenvalue weighted by atomic mass is 9.59. The SMILES string of the molecule is [C-]#[N+]c1c(C(=O)OC2C(C(C)(C)C)CC(C)CC2C(C)(C)C)c2nc(-c3ccccc3)[nH]n2c1C(C)=O. The van der Waals surface area contributed by atoms with E-state index in [2.05, 4.69) is 63.4 Å². The second kappa shape index (κ2) is 9.48. The number of rotatable bonds is 4. The fourth-order valence-electron chi connectivity index (χ4n) is 5.90. The summed E-state index contributed by atoms with van der Waals surface area (Å²) in [5.74, 6) is 0.429. The molecule has 0 radical (unpaired) electrons. The Kier molecular flexibility index (Phi) is 6.83. The maximum Gasteiger partial charge on any atom is 0.331 e. The summed E-state index contributed by atoms with van der Waals surface area (Å²) >= 11 is 0. The normalized spacial score (nSPS) is 22.6. The number of nitrogens with zero attached hydrogens (tertiary/aromatic N) is 3. The molecule has 7 heteroatoms. The largest absolute Gasteiger partial charge is 0.459 e. The molecule has 196 valence electrons. The van der Waals surface area contributed by atoms with Gasteiger partial charge in [-0.1, -0.05) is 78.8 Å². The minimum absolute atomic E-state index is 0.0142. The summed E-state index contributed by atoms with van der Waals surface area (Å²) in [7, 11) is 0. The standard InChI is InChI=1S/C30H38N4O3/c1-17-15-20(29(3,4)5)25(21(16-17)30(6,7)8)37-28(36)22-23(31-9)24(18(2)35)34-27(22)32-26(33-34)19-13-11-10-12-14-19/h10-14,17,20-21,25H,15-16H2,1-8H3,(H,32,33). The van der Waals surface area contributed by atoms with Crippen molar-refractivity contribution in [1.29, 1.82) is 0 Å². The summed E-state index contributed by atoms with van der Waals surface area (Å²) < 4.78 is 7.86. The highest BCUT2D eigenvalue weighted by Gasteiger charge is 2.48. The molecular formula is C30H38N4O3. The molecule has 0 aliphatic heterocycles. The number of fused-ring (bicyclic) bond motifs is 1. The van der Waals surface area contributed by atoms with Gasteiger partial charge in [-0.05, 0) is 36.5 Å². The molecule has 1 fully saturated rings. The molecule has 1 saturated carbocycles. The zero-order valence-corrected chi connectivity index (χ0v) is 23.2. The fraction of sp³-hybridized carbons (Fsp3) is 0.533. The first kappa shape index (κ1) is 26.7. The quantitative estimate of drug-likeness (QED) is 0.229. The Morgan fingerprint density at radius 3 is 2.11 bits per heavy atom. The van der Waals surface area contributed by atoms with Gasteiger partial charge in [0, 0.05) is 17.4 Å². The van der Waals surface area contributed by atoms with Crippen LogP contribution in [0.25, 0.3) is 21.9 Å². The van der Waals surface area contributed by atoms with Crippen molar-refractivity contribution in [3.63, 3.8) is 0 Å². The Balaban J connectivity index is 1.85. The van der Waals surface area contributed by atoms with Gasteiger partial charge < -0.3 is 4.74 Å². The first-order chi connectivity index (χ1) is 17.2. The minimum atomic E-state index is -0.592. The predicted molar refractivity (Wildman–Crippen MR) is 145 cm³/mol. The second-order valence-corrected chi connectivity index (χ2v) is 12.7. The van der Waals surface area contributed by atoms with Crippen LogP contribution < -0.4 is 0 Å². The molecule has 0 spiro atoms. The molecule has 1 aliphatic carbocycles. The van der Waals surface area contributed by atoms with E-state index in [1.807, 2.05) is 30.3 Å². The van der Waals surface area contributed by atoms with Gasteiger partial charge in [0.25, 0.3) is 0 Å². The fourth-order valence-corrected chi connectivity index (χ4v) is 5.90. The van der Waals surface area contributed by atoms with Crippen molar-refractivity contribution >= 4 is 23.1 Å². The number of carbonyl (C=O) groups excluding carboxylic acids is 2. The number of hydrogen-bond acceptors (Lipinski definition) is 4. The third kappa shape index (κ3) is 4.94. The average Bonchev–Trinajstić information content (AvgIpc) is 3.35. The number of hydrogen-bond donors (Lipinski definition) is 1. The summed E-state index contributed by atoms with van der Waals surface area (Å²) in [5.41, 5.74) is 1.06. The van der Waals surface area contributed by atoms with Crippen molar-refractivity contribution in [2.24, 2.45) is 28.6 Å². The van der Waals surface area contributed by atoms with E-state index in [0.717, 1.165) is 18.4 Å². The van der Waals surface area contributed by atoms with Crippen LogP contribution in [0.4, 0.5) is 5.69 Å². The van der Waals surface area contributed by atoms with Crippen molar-refractivity contribution in [2.45, 2.75) is 74.3 Å². The number of aromatic nitrogens is 3. The Bertz CT molecular complexity index is 1340. The molecule has 0 amide bonds. The molecule has 0 saturated heterocycles. The summed E-state index contributed by atoms with van der Waals surface area (Å²) in [6.07, 6.45) is 1.62. The Labute approximate surface area is 219 Å². The van der Waals surface area contributed by atoms with Crippen molar-refractivity contribution in [2.75, 3.05) is 0 Å². The number of nitrogens with one attached hydrogen (secondary N) is 1. The lowest BCUT2D eigenvalue weighted by Gasteiger charge is -2.50. The molecular weight excluding hydrogens is 464 g/mol. The summed E-state index contributed by atoms with van der Waals surface area (Å²) in [6.45, 7) is 24.7. The first-order valence-electron chi connectivity index (χ1n) is 13.0. The molecule has 7 nitrogen and oxygen atoms in total. The third-order valence-electron chi connectivity index (χ3n) is 7.83. The number of ether oxygens (including phenoxy) is 1. The Morgan fingerprint density at radius 2 is 1.62 bits per heavy atom. The first-order valence-corrected chi connectivity index (χ1v) is 13.0. The van der Waals surface area contributed by atoms with E-state index in [4.69, 9.17) is 11.3 Å². The Hall–Kier alpha value is -3.40. The van der Waals surface area contributed by atoms with Gasteiger partial charge in [0.2, 0.25) is 5.69 Å². The van der Waals surface area contributed by atoms with Crippen molar-refractivity contribution < 1.29 is 14.3 Å². The van der Waals surface area contributed by atoms with E-state index in [1.165, 1.54) is 11.4 Å². The van der Waals surface area contributed by atoms with E-state index >= 15 is 0 Å². The third-order valence-corrected chi connectivity index (χ3v) is 7.83.